The summed E-state index contributed by atoms with van der Waals surface area (Å²) in [6.07, 6.45) is 0.703. The van der Waals surface area contributed by atoms with E-state index < -0.39 is 0 Å². The van der Waals surface area contributed by atoms with Gasteiger partial charge in [0.2, 0.25) is 11.8 Å². The molecule has 12 heavy (non-hydrogen) atoms. The number of hydrogen-bond donors (Lipinski definition) is 2. The molecule has 0 aromatic heterocycles. The monoisotopic (exact) mass is 188 g/mol. The molecule has 0 saturated carbocycles. The van der Waals surface area contributed by atoms with E-state index >= 15 is 0 Å². The molecule has 0 aliphatic carbocycles. The first-order chi connectivity index (χ1) is 5.65. The van der Waals surface area contributed by atoms with Crippen LogP contribution in [0.5, 0.6) is 0 Å². The average molecular weight is 188 g/mol. The molecule has 0 bridgehead atoms. The molecule has 0 spiro atoms. The molecule has 1 heterocycles. The number of nitrogens with one attached hydrogen (secondary N) is 1. The van der Waals surface area contributed by atoms with Gasteiger partial charge in [-0.1, -0.05) is 0 Å². The van der Waals surface area contributed by atoms with Gasteiger partial charge in [0.25, 0.3) is 0 Å². The molecule has 1 unspecified atom stereocenters. The highest BCUT2D eigenvalue weighted by atomic mass is 32.1. The molecule has 68 valence electrons. The summed E-state index contributed by atoms with van der Waals surface area (Å²) in [7, 11) is 1.73. The van der Waals surface area contributed by atoms with Crippen LogP contribution >= 0.6 is 12.6 Å². The molecule has 0 radical (unpaired) electrons. The number of amides is 2. The summed E-state index contributed by atoms with van der Waals surface area (Å²) in [5.74, 6) is -0.0647. The van der Waals surface area contributed by atoms with Crippen molar-refractivity contribution in [3.8, 4) is 0 Å². The summed E-state index contributed by atoms with van der Waals surface area (Å²) in [4.78, 5) is 23.7. The van der Waals surface area contributed by atoms with E-state index in [1.807, 2.05) is 0 Å². The number of nitrogens with zero attached hydrogens (tertiary/aromatic N) is 1. The molecule has 1 aliphatic rings. The molecular weight excluding hydrogens is 176 g/mol. The molecule has 1 saturated heterocycles. The molecule has 5 heteroatoms. The number of likely N-dealkylation sites (N-methyl/N-ethyl adjacent to an activating group) is 1. The Morgan fingerprint density at radius 3 is 2.92 bits per heavy atom. The van der Waals surface area contributed by atoms with Crippen molar-refractivity contribution in [3.63, 3.8) is 0 Å². The van der Waals surface area contributed by atoms with Crippen LogP contribution in [-0.2, 0) is 9.59 Å². The molecule has 0 aromatic rings. The van der Waals surface area contributed by atoms with Gasteiger partial charge < -0.3 is 10.2 Å². The van der Waals surface area contributed by atoms with Crippen molar-refractivity contribution in [1.82, 2.24) is 10.2 Å². The minimum atomic E-state index is -0.324. The smallest absolute Gasteiger partial charge is 0.244 e. The highest BCUT2D eigenvalue weighted by Crippen LogP contribution is 2.07. The van der Waals surface area contributed by atoms with E-state index in [0.29, 0.717) is 6.42 Å². The summed E-state index contributed by atoms with van der Waals surface area (Å²) in [6.45, 7) is 0.719. The molecule has 1 rings (SSSR count). The predicted octanol–water partition coefficient (Wildman–Crippen LogP) is -0.737. The highest BCUT2D eigenvalue weighted by Gasteiger charge is 2.29. The van der Waals surface area contributed by atoms with Gasteiger partial charge in [0.05, 0.1) is 5.75 Å². The Morgan fingerprint density at radius 2 is 2.50 bits per heavy atom. The fourth-order valence-corrected chi connectivity index (χ4v) is 1.29. The number of hydrogen-bond acceptors (Lipinski definition) is 3. The van der Waals surface area contributed by atoms with Gasteiger partial charge in [-0.2, -0.15) is 12.6 Å². The second-order valence-corrected chi connectivity index (χ2v) is 3.14. The van der Waals surface area contributed by atoms with Crippen LogP contribution < -0.4 is 5.32 Å². The lowest BCUT2D eigenvalue weighted by Gasteiger charge is -2.10. The molecule has 2 amide bonds. The molecular formula is C7H12N2O2S. The van der Waals surface area contributed by atoms with Crippen LogP contribution in [0.3, 0.4) is 0 Å². The van der Waals surface area contributed by atoms with Gasteiger partial charge in [-0.15, -0.1) is 0 Å². The number of rotatable bonds is 2. The summed E-state index contributed by atoms with van der Waals surface area (Å²) in [5.41, 5.74) is 0. The van der Waals surface area contributed by atoms with Crippen LogP contribution in [0, 0.1) is 0 Å². The maximum Gasteiger partial charge on any atom is 0.244 e. The standard InChI is InChI=1S/C7H12N2O2S/c1-9-3-2-5(7(9)11)8-6(10)4-12/h5,12H,2-4H2,1H3,(H,8,10). The molecule has 1 fully saturated rings. The van der Waals surface area contributed by atoms with Crippen molar-refractivity contribution in [2.45, 2.75) is 12.5 Å². The Hall–Kier alpha value is -0.710. The van der Waals surface area contributed by atoms with E-state index in [9.17, 15) is 9.59 Å². The van der Waals surface area contributed by atoms with Crippen molar-refractivity contribution in [3.05, 3.63) is 0 Å². The zero-order valence-corrected chi connectivity index (χ0v) is 7.80. The summed E-state index contributed by atoms with van der Waals surface area (Å²) < 4.78 is 0. The van der Waals surface area contributed by atoms with Gasteiger partial charge >= 0.3 is 0 Å². The molecule has 1 aliphatic heterocycles. The number of thiol groups is 1. The third-order valence-electron chi connectivity index (χ3n) is 1.91. The zero-order chi connectivity index (χ0) is 9.14. The number of carbonyl (C=O) groups excluding carboxylic acids is 2. The van der Waals surface area contributed by atoms with Crippen molar-refractivity contribution in [2.75, 3.05) is 19.3 Å². The van der Waals surface area contributed by atoms with Crippen LogP contribution in [0.1, 0.15) is 6.42 Å². The second-order valence-electron chi connectivity index (χ2n) is 2.83. The first-order valence-electron chi connectivity index (χ1n) is 3.80. The molecule has 1 N–H and O–H groups in total. The average Bonchev–Trinajstić information content (AvgIpc) is 2.36. The van der Waals surface area contributed by atoms with Gasteiger partial charge in [-0.3, -0.25) is 9.59 Å². The Labute approximate surface area is 76.7 Å². The van der Waals surface area contributed by atoms with Gasteiger partial charge in [-0.05, 0) is 6.42 Å². The maximum atomic E-state index is 11.2. The predicted molar refractivity (Wildman–Crippen MR) is 48.0 cm³/mol. The van der Waals surface area contributed by atoms with Gasteiger partial charge in [-0.25, -0.2) is 0 Å². The summed E-state index contributed by atoms with van der Waals surface area (Å²) in [6, 6.07) is -0.324. The molecule has 4 nitrogen and oxygen atoms in total. The first kappa shape index (κ1) is 9.38. The van der Waals surface area contributed by atoms with Crippen LogP contribution in [0.25, 0.3) is 0 Å². The van der Waals surface area contributed by atoms with Gasteiger partial charge in [0.1, 0.15) is 6.04 Å². The third kappa shape index (κ3) is 1.91. The maximum absolute atomic E-state index is 11.2. The summed E-state index contributed by atoms with van der Waals surface area (Å²) >= 11 is 3.80. The van der Waals surface area contributed by atoms with Crippen molar-refractivity contribution in [2.24, 2.45) is 0 Å². The van der Waals surface area contributed by atoms with Crippen LogP contribution in [0.2, 0.25) is 0 Å². The van der Waals surface area contributed by atoms with E-state index in [-0.39, 0.29) is 23.6 Å². The number of likely N-dealkylation sites (tertiary alicyclic amines) is 1. The SMILES string of the molecule is CN1CCC(NC(=O)CS)C1=O. The van der Waals surface area contributed by atoms with E-state index in [0.717, 1.165) is 6.54 Å². The number of carbonyl (C=O) groups is 2. The van der Waals surface area contributed by atoms with Crippen LogP contribution in [0.4, 0.5) is 0 Å². The Bertz CT molecular complexity index is 208. The fraction of sp³-hybridized carbons (Fsp3) is 0.714. The first-order valence-corrected chi connectivity index (χ1v) is 4.43. The Morgan fingerprint density at radius 1 is 1.83 bits per heavy atom. The van der Waals surface area contributed by atoms with Gasteiger partial charge in [0.15, 0.2) is 0 Å². The van der Waals surface area contributed by atoms with Gasteiger partial charge in [0, 0.05) is 13.6 Å². The Balaban J connectivity index is 2.44. The van der Waals surface area contributed by atoms with E-state index in [1.165, 1.54) is 0 Å². The molecule has 0 aromatic carbocycles. The van der Waals surface area contributed by atoms with Crippen molar-refractivity contribution >= 4 is 24.4 Å². The van der Waals surface area contributed by atoms with E-state index in [1.54, 1.807) is 11.9 Å². The van der Waals surface area contributed by atoms with Crippen LogP contribution in [0.15, 0.2) is 0 Å². The molecule has 1 atom stereocenters. The minimum absolute atomic E-state index is 0.00914. The minimum Gasteiger partial charge on any atom is -0.344 e. The van der Waals surface area contributed by atoms with Crippen LogP contribution in [-0.4, -0.2) is 42.1 Å². The zero-order valence-electron chi connectivity index (χ0n) is 6.91. The summed E-state index contributed by atoms with van der Waals surface area (Å²) in [5, 5.41) is 2.60. The lowest BCUT2D eigenvalue weighted by Crippen LogP contribution is -2.41. The van der Waals surface area contributed by atoms with Crippen molar-refractivity contribution in [1.29, 1.82) is 0 Å². The topological polar surface area (TPSA) is 49.4 Å². The van der Waals surface area contributed by atoms with Crippen molar-refractivity contribution < 1.29 is 9.59 Å². The fourth-order valence-electron chi connectivity index (χ4n) is 1.20. The van der Waals surface area contributed by atoms with E-state index in [4.69, 9.17) is 0 Å². The largest absolute Gasteiger partial charge is 0.344 e. The second kappa shape index (κ2) is 3.80. The van der Waals surface area contributed by atoms with E-state index in [2.05, 4.69) is 17.9 Å². The highest BCUT2D eigenvalue weighted by molar-refractivity contribution is 7.81. The Kier molecular flexibility index (Phi) is 2.97. The third-order valence-corrected chi connectivity index (χ3v) is 2.19. The lowest BCUT2D eigenvalue weighted by atomic mass is 10.2. The lowest BCUT2D eigenvalue weighted by molar-refractivity contribution is -0.131. The quantitative estimate of drug-likeness (QED) is 0.561. The normalized spacial score (nSPS) is 23.0.